The molecule has 1 aromatic rings. The number of hydrogen-bond donors (Lipinski definition) is 1. The number of amides is 2. The molecule has 2 amide bonds. The summed E-state index contributed by atoms with van der Waals surface area (Å²) in [5.74, 6) is -0.309. The van der Waals surface area contributed by atoms with E-state index in [1.165, 1.54) is 11.3 Å². The molecule has 1 aliphatic rings. The molecule has 1 aliphatic heterocycles. The summed E-state index contributed by atoms with van der Waals surface area (Å²) < 4.78 is 0. The van der Waals surface area contributed by atoms with Gasteiger partial charge in [0.05, 0.1) is 0 Å². The molecular formula is C11H17N5O2S. The van der Waals surface area contributed by atoms with Crippen molar-refractivity contribution in [2.45, 2.75) is 19.4 Å². The fourth-order valence-corrected chi connectivity index (χ4v) is 2.74. The van der Waals surface area contributed by atoms with Crippen LogP contribution in [-0.2, 0) is 4.79 Å². The third kappa shape index (κ3) is 2.27. The third-order valence-electron chi connectivity index (χ3n) is 3.27. The Labute approximate surface area is 115 Å². The van der Waals surface area contributed by atoms with Gasteiger partial charge in [-0.2, -0.15) is 0 Å². The minimum atomic E-state index is -0.852. The highest BCUT2D eigenvalue weighted by Crippen LogP contribution is 2.25. The van der Waals surface area contributed by atoms with Gasteiger partial charge in [0, 0.05) is 27.2 Å². The van der Waals surface area contributed by atoms with Crippen molar-refractivity contribution in [3.8, 4) is 0 Å². The first kappa shape index (κ1) is 13.7. The molecule has 0 unspecified atom stereocenters. The van der Waals surface area contributed by atoms with E-state index in [0.29, 0.717) is 23.2 Å². The second-order valence-electron chi connectivity index (χ2n) is 4.90. The lowest BCUT2D eigenvalue weighted by Gasteiger charge is -2.44. The summed E-state index contributed by atoms with van der Waals surface area (Å²) in [6.07, 6.45) is 0. The fourth-order valence-electron chi connectivity index (χ4n) is 2.10. The Kier molecular flexibility index (Phi) is 3.44. The molecule has 0 bridgehead atoms. The summed E-state index contributed by atoms with van der Waals surface area (Å²) in [5.41, 5.74) is -0.852. The summed E-state index contributed by atoms with van der Waals surface area (Å²) in [6.45, 7) is 4.54. The molecule has 1 saturated heterocycles. The van der Waals surface area contributed by atoms with Crippen molar-refractivity contribution in [1.29, 1.82) is 0 Å². The number of likely N-dealkylation sites (N-methyl/N-ethyl adjacent to an activating group) is 1. The Morgan fingerprint density at radius 2 is 2.05 bits per heavy atom. The van der Waals surface area contributed by atoms with Crippen molar-refractivity contribution in [3.05, 3.63) is 5.01 Å². The van der Waals surface area contributed by atoms with Crippen LogP contribution in [0.4, 0.5) is 5.13 Å². The van der Waals surface area contributed by atoms with Crippen molar-refractivity contribution in [1.82, 2.24) is 20.0 Å². The minimum Gasteiger partial charge on any atom is -0.363 e. The van der Waals surface area contributed by atoms with Crippen molar-refractivity contribution in [3.63, 3.8) is 0 Å². The molecule has 7 nitrogen and oxygen atoms in total. The summed E-state index contributed by atoms with van der Waals surface area (Å²) >= 11 is 1.19. The van der Waals surface area contributed by atoms with Crippen LogP contribution in [0.5, 0.6) is 0 Å². The van der Waals surface area contributed by atoms with Crippen LogP contribution in [0, 0.1) is 0 Å². The van der Waals surface area contributed by atoms with Crippen LogP contribution in [0.3, 0.4) is 0 Å². The molecule has 0 radical (unpaired) electrons. The lowest BCUT2D eigenvalue weighted by atomic mass is 9.98. The van der Waals surface area contributed by atoms with Crippen LogP contribution in [0.1, 0.15) is 23.6 Å². The third-order valence-corrected chi connectivity index (χ3v) is 4.20. The van der Waals surface area contributed by atoms with Crippen molar-refractivity contribution in [2.24, 2.45) is 0 Å². The monoisotopic (exact) mass is 283 g/mol. The van der Waals surface area contributed by atoms with Crippen LogP contribution in [0.15, 0.2) is 0 Å². The number of hydrogen-bond acceptors (Lipinski definition) is 6. The second kappa shape index (κ2) is 4.76. The standard InChI is InChI=1S/C11H17N5O2S/c1-11(2)9(18)15(4)5-6-16(11)8(17)7-13-14-10(12-3)19-7/h5-6H2,1-4H3,(H,12,14). The molecule has 0 saturated carbocycles. The van der Waals surface area contributed by atoms with Gasteiger partial charge in [-0.15, -0.1) is 10.2 Å². The molecule has 1 aromatic heterocycles. The Morgan fingerprint density at radius 1 is 1.37 bits per heavy atom. The van der Waals surface area contributed by atoms with Crippen LogP contribution >= 0.6 is 11.3 Å². The number of carbonyl (C=O) groups excluding carboxylic acids is 2. The lowest BCUT2D eigenvalue weighted by Crippen LogP contribution is -2.63. The van der Waals surface area contributed by atoms with E-state index >= 15 is 0 Å². The van der Waals surface area contributed by atoms with Crippen molar-refractivity contribution < 1.29 is 9.59 Å². The van der Waals surface area contributed by atoms with E-state index in [1.54, 1.807) is 37.7 Å². The maximum Gasteiger partial charge on any atom is 0.285 e. The average Bonchev–Trinajstić information content (AvgIpc) is 2.84. The zero-order valence-corrected chi connectivity index (χ0v) is 12.2. The van der Waals surface area contributed by atoms with Gasteiger partial charge < -0.3 is 15.1 Å². The first-order valence-corrected chi connectivity index (χ1v) is 6.78. The molecule has 1 N–H and O–H groups in total. The highest BCUT2D eigenvalue weighted by molar-refractivity contribution is 7.17. The molecule has 104 valence electrons. The van der Waals surface area contributed by atoms with Gasteiger partial charge in [0.2, 0.25) is 16.0 Å². The molecule has 2 rings (SSSR count). The molecule has 8 heteroatoms. The Morgan fingerprint density at radius 3 is 2.63 bits per heavy atom. The molecule has 2 heterocycles. The molecule has 1 fully saturated rings. The number of piperazine rings is 1. The maximum absolute atomic E-state index is 12.4. The van der Waals surface area contributed by atoms with Crippen LogP contribution in [0.25, 0.3) is 0 Å². The zero-order chi connectivity index (χ0) is 14.2. The SMILES string of the molecule is CNc1nnc(C(=O)N2CCN(C)C(=O)C2(C)C)s1. The Bertz CT molecular complexity index is 513. The lowest BCUT2D eigenvalue weighted by molar-refractivity contribution is -0.144. The van der Waals surface area contributed by atoms with Gasteiger partial charge in [-0.05, 0) is 13.8 Å². The largest absolute Gasteiger partial charge is 0.363 e. The van der Waals surface area contributed by atoms with E-state index in [2.05, 4.69) is 15.5 Å². The molecule has 0 aliphatic carbocycles. The predicted molar refractivity (Wildman–Crippen MR) is 72.2 cm³/mol. The van der Waals surface area contributed by atoms with Crippen LogP contribution < -0.4 is 5.32 Å². The topological polar surface area (TPSA) is 78.4 Å². The fraction of sp³-hybridized carbons (Fsp3) is 0.636. The number of rotatable bonds is 2. The molecular weight excluding hydrogens is 266 g/mol. The van der Waals surface area contributed by atoms with Crippen molar-refractivity contribution in [2.75, 3.05) is 32.5 Å². The number of carbonyl (C=O) groups is 2. The van der Waals surface area contributed by atoms with Gasteiger partial charge in [0.1, 0.15) is 5.54 Å². The van der Waals surface area contributed by atoms with Gasteiger partial charge in [-0.3, -0.25) is 9.59 Å². The summed E-state index contributed by atoms with van der Waals surface area (Å²) in [4.78, 5) is 27.8. The van der Waals surface area contributed by atoms with Gasteiger partial charge in [0.25, 0.3) is 5.91 Å². The van der Waals surface area contributed by atoms with E-state index in [-0.39, 0.29) is 11.8 Å². The van der Waals surface area contributed by atoms with Gasteiger partial charge in [-0.25, -0.2) is 0 Å². The second-order valence-corrected chi connectivity index (χ2v) is 5.88. The van der Waals surface area contributed by atoms with E-state index in [0.717, 1.165) is 0 Å². The van der Waals surface area contributed by atoms with Crippen LogP contribution in [-0.4, -0.2) is 64.5 Å². The van der Waals surface area contributed by atoms with E-state index in [9.17, 15) is 9.59 Å². The Balaban J connectivity index is 2.25. The predicted octanol–water partition coefficient (Wildman–Crippen LogP) is 0.273. The average molecular weight is 283 g/mol. The highest BCUT2D eigenvalue weighted by atomic mass is 32.1. The summed E-state index contributed by atoms with van der Waals surface area (Å²) in [6, 6.07) is 0. The molecule has 19 heavy (non-hydrogen) atoms. The number of anilines is 1. The van der Waals surface area contributed by atoms with Crippen LogP contribution in [0.2, 0.25) is 0 Å². The summed E-state index contributed by atoms with van der Waals surface area (Å²) in [5, 5.41) is 11.4. The molecule has 0 aromatic carbocycles. The quantitative estimate of drug-likeness (QED) is 0.843. The van der Waals surface area contributed by atoms with Crippen molar-refractivity contribution >= 4 is 28.3 Å². The van der Waals surface area contributed by atoms with Gasteiger partial charge >= 0.3 is 0 Å². The number of aromatic nitrogens is 2. The minimum absolute atomic E-state index is 0.0644. The Hall–Kier alpha value is -1.70. The summed E-state index contributed by atoms with van der Waals surface area (Å²) in [7, 11) is 3.47. The first-order valence-electron chi connectivity index (χ1n) is 5.96. The van der Waals surface area contributed by atoms with E-state index in [4.69, 9.17) is 0 Å². The zero-order valence-electron chi connectivity index (χ0n) is 11.4. The van der Waals surface area contributed by atoms with E-state index in [1.807, 2.05) is 0 Å². The van der Waals surface area contributed by atoms with Gasteiger partial charge in [-0.1, -0.05) is 11.3 Å². The highest BCUT2D eigenvalue weighted by Gasteiger charge is 2.43. The normalized spacial score (nSPS) is 18.6. The van der Waals surface area contributed by atoms with E-state index < -0.39 is 5.54 Å². The maximum atomic E-state index is 12.4. The first-order chi connectivity index (χ1) is 8.87. The smallest absolute Gasteiger partial charge is 0.285 e. The molecule has 0 atom stereocenters. The number of nitrogens with zero attached hydrogens (tertiary/aromatic N) is 4. The van der Waals surface area contributed by atoms with Gasteiger partial charge in [0.15, 0.2) is 0 Å². The molecule has 0 spiro atoms. The number of nitrogens with one attached hydrogen (secondary N) is 1.